The standard InChI is InChI=1S/C13H17ClN2OS/c14-11-3-1-2-4-12(11)15-6-8-16(9-7-15)13(17)5-10-18/h1-4,18H,5-10H2. The topological polar surface area (TPSA) is 23.6 Å². The van der Waals surface area contributed by atoms with E-state index in [9.17, 15) is 4.79 Å². The molecule has 98 valence electrons. The van der Waals surface area contributed by atoms with Crippen molar-refractivity contribution in [2.24, 2.45) is 0 Å². The number of piperazine rings is 1. The highest BCUT2D eigenvalue weighted by molar-refractivity contribution is 7.80. The Bertz CT molecular complexity index is 419. The van der Waals surface area contributed by atoms with Crippen LogP contribution in [0, 0.1) is 0 Å². The third-order valence-corrected chi connectivity index (χ3v) is 3.69. The molecule has 0 radical (unpaired) electrons. The van der Waals surface area contributed by atoms with E-state index in [0.29, 0.717) is 12.2 Å². The maximum atomic E-state index is 11.7. The molecule has 0 aromatic heterocycles. The minimum Gasteiger partial charge on any atom is -0.367 e. The molecule has 18 heavy (non-hydrogen) atoms. The van der Waals surface area contributed by atoms with Crippen molar-refractivity contribution < 1.29 is 4.79 Å². The summed E-state index contributed by atoms with van der Waals surface area (Å²) in [6.07, 6.45) is 0.523. The Morgan fingerprint density at radius 3 is 2.50 bits per heavy atom. The van der Waals surface area contributed by atoms with Crippen molar-refractivity contribution in [1.82, 2.24) is 4.90 Å². The summed E-state index contributed by atoms with van der Waals surface area (Å²) >= 11 is 10.3. The molecule has 1 aromatic carbocycles. The summed E-state index contributed by atoms with van der Waals surface area (Å²) in [5.41, 5.74) is 1.06. The number of rotatable bonds is 3. The van der Waals surface area contributed by atoms with Crippen LogP contribution >= 0.6 is 24.2 Å². The molecule has 1 aliphatic rings. The Hall–Kier alpha value is -0.870. The lowest BCUT2D eigenvalue weighted by atomic mass is 10.2. The molecule has 0 aliphatic carbocycles. The van der Waals surface area contributed by atoms with Crippen molar-refractivity contribution in [1.29, 1.82) is 0 Å². The number of anilines is 1. The normalized spacial score (nSPS) is 15.9. The number of amides is 1. The van der Waals surface area contributed by atoms with Crippen molar-refractivity contribution in [2.45, 2.75) is 6.42 Å². The first kappa shape index (κ1) is 13.6. The molecule has 0 saturated carbocycles. The van der Waals surface area contributed by atoms with Crippen LogP contribution in [0.2, 0.25) is 5.02 Å². The van der Waals surface area contributed by atoms with E-state index in [0.717, 1.165) is 36.9 Å². The van der Waals surface area contributed by atoms with E-state index < -0.39 is 0 Å². The molecule has 0 unspecified atom stereocenters. The summed E-state index contributed by atoms with van der Waals surface area (Å²) < 4.78 is 0. The van der Waals surface area contributed by atoms with Crippen LogP contribution in [0.5, 0.6) is 0 Å². The van der Waals surface area contributed by atoms with Gasteiger partial charge in [-0.3, -0.25) is 4.79 Å². The molecule has 1 saturated heterocycles. The third kappa shape index (κ3) is 3.12. The molecule has 1 aromatic rings. The summed E-state index contributed by atoms with van der Waals surface area (Å²) in [4.78, 5) is 15.9. The molecule has 1 fully saturated rings. The molecule has 3 nitrogen and oxygen atoms in total. The Labute approximate surface area is 118 Å². The first-order valence-corrected chi connectivity index (χ1v) is 7.11. The van der Waals surface area contributed by atoms with E-state index in [4.69, 9.17) is 11.6 Å². The van der Waals surface area contributed by atoms with E-state index in [1.54, 1.807) is 0 Å². The Kier molecular flexibility index (Phi) is 4.78. The molecular weight excluding hydrogens is 268 g/mol. The van der Waals surface area contributed by atoms with Crippen LogP contribution in [0.1, 0.15) is 6.42 Å². The SMILES string of the molecule is O=C(CCS)N1CCN(c2ccccc2Cl)CC1. The molecular formula is C13H17ClN2OS. The highest BCUT2D eigenvalue weighted by Crippen LogP contribution is 2.26. The van der Waals surface area contributed by atoms with Gasteiger partial charge in [-0.25, -0.2) is 0 Å². The summed E-state index contributed by atoms with van der Waals surface area (Å²) in [5.74, 6) is 0.813. The number of benzene rings is 1. The Morgan fingerprint density at radius 1 is 1.22 bits per heavy atom. The average Bonchev–Trinajstić information content (AvgIpc) is 2.40. The van der Waals surface area contributed by atoms with Gasteiger partial charge >= 0.3 is 0 Å². The monoisotopic (exact) mass is 284 g/mol. The number of thiol groups is 1. The van der Waals surface area contributed by atoms with Gasteiger partial charge in [-0.05, 0) is 17.9 Å². The van der Waals surface area contributed by atoms with E-state index in [1.807, 2.05) is 29.2 Å². The van der Waals surface area contributed by atoms with Crippen molar-refractivity contribution in [3.05, 3.63) is 29.3 Å². The molecule has 0 spiro atoms. The fraction of sp³-hybridized carbons (Fsp3) is 0.462. The predicted molar refractivity (Wildman–Crippen MR) is 78.7 cm³/mol. The van der Waals surface area contributed by atoms with Gasteiger partial charge in [0.1, 0.15) is 0 Å². The summed E-state index contributed by atoms with van der Waals surface area (Å²) in [5, 5.41) is 0.771. The number of halogens is 1. The highest BCUT2D eigenvalue weighted by atomic mass is 35.5. The molecule has 1 amide bonds. The van der Waals surface area contributed by atoms with Crippen LogP contribution < -0.4 is 4.90 Å². The van der Waals surface area contributed by atoms with E-state index in [1.165, 1.54) is 0 Å². The van der Waals surface area contributed by atoms with Crippen LogP contribution in [0.4, 0.5) is 5.69 Å². The minimum atomic E-state index is 0.198. The lowest BCUT2D eigenvalue weighted by Crippen LogP contribution is -2.48. The van der Waals surface area contributed by atoms with E-state index >= 15 is 0 Å². The maximum Gasteiger partial charge on any atom is 0.223 e. The Morgan fingerprint density at radius 2 is 1.89 bits per heavy atom. The first-order chi connectivity index (χ1) is 8.72. The summed E-state index contributed by atoms with van der Waals surface area (Å²) in [6, 6.07) is 7.83. The average molecular weight is 285 g/mol. The minimum absolute atomic E-state index is 0.198. The number of carbonyl (C=O) groups excluding carboxylic acids is 1. The number of carbonyl (C=O) groups is 1. The van der Waals surface area contributed by atoms with Gasteiger partial charge in [-0.15, -0.1) is 0 Å². The molecule has 0 N–H and O–H groups in total. The van der Waals surface area contributed by atoms with Gasteiger partial charge < -0.3 is 9.80 Å². The third-order valence-electron chi connectivity index (χ3n) is 3.15. The van der Waals surface area contributed by atoms with Crippen molar-refractivity contribution >= 4 is 35.8 Å². The molecule has 0 atom stereocenters. The van der Waals surface area contributed by atoms with Crippen LogP contribution in [-0.2, 0) is 4.79 Å². The van der Waals surface area contributed by atoms with Gasteiger partial charge in [-0.1, -0.05) is 23.7 Å². The fourth-order valence-corrected chi connectivity index (χ4v) is 2.61. The van der Waals surface area contributed by atoms with Crippen LogP contribution in [0.15, 0.2) is 24.3 Å². The van der Waals surface area contributed by atoms with Gasteiger partial charge in [0.25, 0.3) is 0 Å². The number of hydrogen-bond acceptors (Lipinski definition) is 3. The zero-order valence-corrected chi connectivity index (χ0v) is 11.8. The maximum absolute atomic E-state index is 11.7. The van der Waals surface area contributed by atoms with Crippen molar-refractivity contribution in [3.8, 4) is 0 Å². The van der Waals surface area contributed by atoms with Crippen LogP contribution in [-0.4, -0.2) is 42.7 Å². The fourth-order valence-electron chi connectivity index (χ4n) is 2.16. The molecule has 1 aliphatic heterocycles. The predicted octanol–water partition coefficient (Wildman–Crippen LogP) is 2.31. The van der Waals surface area contributed by atoms with Gasteiger partial charge in [0, 0.05) is 32.6 Å². The van der Waals surface area contributed by atoms with Gasteiger partial charge in [0.15, 0.2) is 0 Å². The van der Waals surface area contributed by atoms with Gasteiger partial charge in [0.05, 0.1) is 10.7 Å². The zero-order valence-electron chi connectivity index (χ0n) is 10.2. The van der Waals surface area contributed by atoms with Gasteiger partial charge in [-0.2, -0.15) is 12.6 Å². The quantitative estimate of drug-likeness (QED) is 0.861. The second-order valence-corrected chi connectivity index (χ2v) is 5.15. The molecule has 2 rings (SSSR count). The number of hydrogen-bond donors (Lipinski definition) is 1. The Balaban J connectivity index is 1.95. The van der Waals surface area contributed by atoms with Crippen LogP contribution in [0.3, 0.4) is 0 Å². The summed E-state index contributed by atoms with van der Waals surface area (Å²) in [6.45, 7) is 3.19. The van der Waals surface area contributed by atoms with Gasteiger partial charge in [0.2, 0.25) is 5.91 Å². The second-order valence-electron chi connectivity index (χ2n) is 4.29. The summed E-state index contributed by atoms with van der Waals surface area (Å²) in [7, 11) is 0. The highest BCUT2D eigenvalue weighted by Gasteiger charge is 2.21. The van der Waals surface area contributed by atoms with Crippen LogP contribution in [0.25, 0.3) is 0 Å². The first-order valence-electron chi connectivity index (χ1n) is 6.10. The smallest absolute Gasteiger partial charge is 0.223 e. The zero-order chi connectivity index (χ0) is 13.0. The van der Waals surface area contributed by atoms with Crippen molar-refractivity contribution in [3.63, 3.8) is 0 Å². The largest absolute Gasteiger partial charge is 0.367 e. The van der Waals surface area contributed by atoms with E-state index in [-0.39, 0.29) is 5.91 Å². The van der Waals surface area contributed by atoms with E-state index in [2.05, 4.69) is 17.5 Å². The molecule has 0 bridgehead atoms. The lowest BCUT2D eigenvalue weighted by molar-refractivity contribution is -0.131. The number of para-hydroxylation sites is 1. The number of nitrogens with zero attached hydrogens (tertiary/aromatic N) is 2. The molecule has 5 heteroatoms. The molecule has 1 heterocycles. The lowest BCUT2D eigenvalue weighted by Gasteiger charge is -2.36. The van der Waals surface area contributed by atoms with Crippen molar-refractivity contribution in [2.75, 3.05) is 36.8 Å². The second kappa shape index (κ2) is 6.34.